The minimum Gasteiger partial charge on any atom is -0.496 e. The molecule has 134 valence electrons. The molecule has 0 radical (unpaired) electrons. The smallest absolute Gasteiger partial charge is 0.314 e. The molecule has 0 aliphatic rings. The minimum absolute atomic E-state index is 0.0996. The first-order valence-corrected chi connectivity index (χ1v) is 8.69. The Hall–Kier alpha value is -3.06. The largest absolute Gasteiger partial charge is 0.496 e. The molecule has 0 amide bonds. The summed E-state index contributed by atoms with van der Waals surface area (Å²) in [5.41, 5.74) is 1.98. The van der Waals surface area contributed by atoms with Crippen LogP contribution in [0, 0.1) is 17.2 Å². The van der Waals surface area contributed by atoms with Crippen molar-refractivity contribution in [2.75, 3.05) is 7.11 Å². The normalized spacial score (nSPS) is 11.1. The van der Waals surface area contributed by atoms with Gasteiger partial charge in [-0.1, -0.05) is 38.1 Å². The van der Waals surface area contributed by atoms with Crippen molar-refractivity contribution < 1.29 is 14.3 Å². The lowest BCUT2D eigenvalue weighted by Gasteiger charge is -2.12. The molecule has 0 spiro atoms. The summed E-state index contributed by atoms with van der Waals surface area (Å²) in [6.07, 6.45) is 3.26. The Balaban J connectivity index is 2.30. The van der Waals surface area contributed by atoms with E-state index in [2.05, 4.69) is 6.07 Å². The third-order valence-electron chi connectivity index (χ3n) is 4.22. The lowest BCUT2D eigenvalue weighted by molar-refractivity contribution is -0.139. The molecule has 0 aromatic heterocycles. The summed E-state index contributed by atoms with van der Waals surface area (Å²) in [7, 11) is 1.58. The van der Waals surface area contributed by atoms with Crippen LogP contribution in [-0.2, 0) is 4.79 Å². The number of nitriles is 1. The maximum absolute atomic E-state index is 12.2. The Labute approximate surface area is 154 Å². The summed E-state index contributed by atoms with van der Waals surface area (Å²) < 4.78 is 10.8. The zero-order chi connectivity index (χ0) is 18.9. The number of hydrogen-bond donors (Lipinski definition) is 0. The minimum atomic E-state index is -0.221. The highest BCUT2D eigenvalue weighted by atomic mass is 16.5. The van der Waals surface area contributed by atoms with E-state index in [0.717, 1.165) is 24.0 Å². The van der Waals surface area contributed by atoms with Gasteiger partial charge in [0.25, 0.3) is 0 Å². The number of methoxy groups -OCH3 is 1. The van der Waals surface area contributed by atoms with Crippen LogP contribution in [0.3, 0.4) is 0 Å². The number of benzene rings is 2. The summed E-state index contributed by atoms with van der Waals surface area (Å²) in [4.78, 5) is 12.2. The molecular formula is C22H23NO3. The Bertz CT molecular complexity index is 829. The van der Waals surface area contributed by atoms with Gasteiger partial charge < -0.3 is 9.47 Å². The van der Waals surface area contributed by atoms with Crippen molar-refractivity contribution in [3.63, 3.8) is 0 Å². The highest BCUT2D eigenvalue weighted by molar-refractivity contribution is 5.91. The van der Waals surface area contributed by atoms with E-state index < -0.39 is 0 Å². The summed E-state index contributed by atoms with van der Waals surface area (Å²) in [5.74, 6) is 0.795. The summed E-state index contributed by atoms with van der Waals surface area (Å²) in [5, 5.41) is 9.55. The van der Waals surface area contributed by atoms with E-state index in [9.17, 15) is 10.1 Å². The first kappa shape index (κ1) is 19.3. The quantitative estimate of drug-likeness (QED) is 0.302. The number of carbonyl (C=O) groups is 1. The Morgan fingerprint density at radius 3 is 2.54 bits per heavy atom. The first-order chi connectivity index (χ1) is 12.6. The van der Waals surface area contributed by atoms with Crippen LogP contribution in [0.5, 0.6) is 11.5 Å². The SMILES string of the molecule is CCC(CC)C(=O)Oc1cccc(/C=C(/C#N)c2ccccc2OC)c1. The van der Waals surface area contributed by atoms with Crippen molar-refractivity contribution in [2.24, 2.45) is 5.92 Å². The Kier molecular flexibility index (Phi) is 6.99. The van der Waals surface area contributed by atoms with Gasteiger partial charge in [-0.15, -0.1) is 0 Å². The van der Waals surface area contributed by atoms with Gasteiger partial charge in [-0.2, -0.15) is 5.26 Å². The van der Waals surface area contributed by atoms with Gasteiger partial charge in [-0.05, 0) is 48.7 Å². The summed E-state index contributed by atoms with van der Waals surface area (Å²) in [6, 6.07) is 16.7. The summed E-state index contributed by atoms with van der Waals surface area (Å²) in [6.45, 7) is 3.95. The van der Waals surface area contributed by atoms with Crippen LogP contribution in [0.2, 0.25) is 0 Å². The molecule has 26 heavy (non-hydrogen) atoms. The average Bonchev–Trinajstić information content (AvgIpc) is 2.67. The zero-order valence-corrected chi connectivity index (χ0v) is 15.4. The van der Waals surface area contributed by atoms with Crippen LogP contribution in [0.1, 0.15) is 37.8 Å². The maximum Gasteiger partial charge on any atom is 0.314 e. The molecule has 0 saturated carbocycles. The second-order valence-corrected chi connectivity index (χ2v) is 5.88. The van der Waals surface area contributed by atoms with Gasteiger partial charge >= 0.3 is 5.97 Å². The number of ether oxygens (including phenoxy) is 2. The lowest BCUT2D eigenvalue weighted by atomic mass is 10.0. The van der Waals surface area contributed by atoms with Crippen molar-refractivity contribution in [1.82, 2.24) is 0 Å². The molecule has 2 aromatic carbocycles. The number of nitrogens with zero attached hydrogens (tertiary/aromatic N) is 1. The number of rotatable bonds is 7. The molecule has 4 heteroatoms. The molecular weight excluding hydrogens is 326 g/mol. The first-order valence-electron chi connectivity index (χ1n) is 8.69. The monoisotopic (exact) mass is 349 g/mol. The van der Waals surface area contributed by atoms with Gasteiger partial charge in [0.15, 0.2) is 0 Å². The van der Waals surface area contributed by atoms with Gasteiger partial charge in [0.1, 0.15) is 11.5 Å². The molecule has 0 aliphatic heterocycles. The van der Waals surface area contributed by atoms with Crippen LogP contribution < -0.4 is 9.47 Å². The number of carbonyl (C=O) groups excluding carboxylic acids is 1. The molecule has 0 atom stereocenters. The highest BCUT2D eigenvalue weighted by Gasteiger charge is 2.16. The van der Waals surface area contributed by atoms with E-state index in [1.165, 1.54) is 0 Å². The zero-order valence-electron chi connectivity index (χ0n) is 15.4. The number of hydrogen-bond acceptors (Lipinski definition) is 4. The van der Waals surface area contributed by atoms with E-state index >= 15 is 0 Å². The van der Waals surface area contributed by atoms with E-state index in [4.69, 9.17) is 9.47 Å². The van der Waals surface area contributed by atoms with Gasteiger partial charge in [-0.3, -0.25) is 4.79 Å². The van der Waals surface area contributed by atoms with Crippen molar-refractivity contribution in [2.45, 2.75) is 26.7 Å². The fraction of sp³-hybridized carbons (Fsp3) is 0.273. The molecule has 0 fully saturated rings. The van der Waals surface area contributed by atoms with Crippen molar-refractivity contribution in [3.8, 4) is 17.6 Å². The Morgan fingerprint density at radius 1 is 1.15 bits per heavy atom. The summed E-state index contributed by atoms with van der Waals surface area (Å²) >= 11 is 0. The van der Waals surface area contributed by atoms with Gasteiger partial charge in [0.2, 0.25) is 0 Å². The molecule has 0 heterocycles. The van der Waals surface area contributed by atoms with E-state index in [0.29, 0.717) is 17.1 Å². The molecule has 2 aromatic rings. The van der Waals surface area contributed by atoms with Crippen molar-refractivity contribution in [1.29, 1.82) is 5.26 Å². The third-order valence-corrected chi connectivity index (χ3v) is 4.22. The van der Waals surface area contributed by atoms with E-state index in [-0.39, 0.29) is 11.9 Å². The molecule has 0 N–H and O–H groups in total. The molecule has 0 aliphatic carbocycles. The van der Waals surface area contributed by atoms with Crippen LogP contribution >= 0.6 is 0 Å². The predicted octanol–water partition coefficient (Wildman–Crippen LogP) is 5.10. The predicted molar refractivity (Wildman–Crippen MR) is 103 cm³/mol. The molecule has 0 saturated heterocycles. The standard InChI is InChI=1S/C22H23NO3/c1-4-17(5-2)22(24)26-19-10-8-9-16(14-19)13-18(15-23)20-11-6-7-12-21(20)25-3/h6-14,17H,4-5H2,1-3H3/b18-13-. The highest BCUT2D eigenvalue weighted by Crippen LogP contribution is 2.28. The maximum atomic E-state index is 12.2. The fourth-order valence-corrected chi connectivity index (χ4v) is 2.69. The second kappa shape index (κ2) is 9.43. The molecule has 0 bridgehead atoms. The molecule has 2 rings (SSSR count). The molecule has 4 nitrogen and oxygen atoms in total. The van der Waals surface area contributed by atoms with Gasteiger partial charge in [0, 0.05) is 5.56 Å². The third kappa shape index (κ3) is 4.73. The Morgan fingerprint density at radius 2 is 1.88 bits per heavy atom. The average molecular weight is 349 g/mol. The van der Waals surface area contributed by atoms with Crippen LogP contribution in [0.25, 0.3) is 11.6 Å². The van der Waals surface area contributed by atoms with Gasteiger partial charge in [0.05, 0.1) is 24.7 Å². The number of esters is 1. The number of para-hydroxylation sites is 1. The van der Waals surface area contributed by atoms with Gasteiger partial charge in [-0.25, -0.2) is 0 Å². The number of allylic oxidation sites excluding steroid dienone is 1. The topological polar surface area (TPSA) is 59.3 Å². The van der Waals surface area contributed by atoms with Crippen LogP contribution in [0.4, 0.5) is 0 Å². The lowest BCUT2D eigenvalue weighted by Crippen LogP contribution is -2.19. The van der Waals surface area contributed by atoms with Crippen LogP contribution in [-0.4, -0.2) is 13.1 Å². The van der Waals surface area contributed by atoms with Crippen LogP contribution in [0.15, 0.2) is 48.5 Å². The van der Waals surface area contributed by atoms with Crippen molar-refractivity contribution in [3.05, 3.63) is 59.7 Å². The fourth-order valence-electron chi connectivity index (χ4n) is 2.69. The van der Waals surface area contributed by atoms with E-state index in [1.54, 1.807) is 31.4 Å². The second-order valence-electron chi connectivity index (χ2n) is 5.88. The van der Waals surface area contributed by atoms with E-state index in [1.807, 2.05) is 44.2 Å². The van der Waals surface area contributed by atoms with Crippen molar-refractivity contribution >= 4 is 17.6 Å². The molecule has 0 unspecified atom stereocenters.